The summed E-state index contributed by atoms with van der Waals surface area (Å²) in [6, 6.07) is 17.3. The first-order chi connectivity index (χ1) is 16.3. The van der Waals surface area contributed by atoms with Crippen molar-refractivity contribution in [1.29, 1.82) is 0 Å². The number of hydrogen-bond donors (Lipinski definition) is 1. The molecule has 3 rings (SSSR count). The largest absolute Gasteiger partial charge is 0.497 e. The highest BCUT2D eigenvalue weighted by atomic mass is 16.5. The Kier molecular flexibility index (Phi) is 8.08. The molecule has 0 spiro atoms. The summed E-state index contributed by atoms with van der Waals surface area (Å²) in [4.78, 5) is 26.8. The predicted octanol–water partition coefficient (Wildman–Crippen LogP) is 4.72. The Morgan fingerprint density at radius 2 is 1.74 bits per heavy atom. The maximum Gasteiger partial charge on any atom is 0.253 e. The van der Waals surface area contributed by atoms with E-state index in [1.165, 1.54) is 0 Å². The third-order valence-corrected chi connectivity index (χ3v) is 6.08. The highest BCUT2D eigenvalue weighted by Gasteiger charge is 2.18. The van der Waals surface area contributed by atoms with E-state index in [-0.39, 0.29) is 5.91 Å². The molecule has 0 aliphatic heterocycles. The molecule has 0 heterocycles. The molecule has 3 aromatic carbocycles. The highest BCUT2D eigenvalue weighted by Crippen LogP contribution is 2.35. The second-order valence-electron chi connectivity index (χ2n) is 8.24. The number of nitrogens with zero attached hydrogens (tertiary/aromatic N) is 1. The average molecular weight is 461 g/mol. The number of methoxy groups -OCH3 is 2. The zero-order valence-electron chi connectivity index (χ0n) is 20.5. The molecule has 0 unspecified atom stereocenters. The van der Waals surface area contributed by atoms with E-state index in [0.29, 0.717) is 24.3 Å². The summed E-state index contributed by atoms with van der Waals surface area (Å²) in [5.74, 6) is 0.195. The number of rotatable bonds is 9. The molecular weight excluding hydrogens is 428 g/mol. The standard InChI is InChI=1S/C28H32N2O4/c1-6-19-14-21(28(32)30(3)12-13-33-4)10-11-24(19)25-16-22(17-26(18(25)2)27(29)31)20-8-7-9-23(15-20)34-5/h7-11,14-17H,6,12-13H2,1-5H3,(H2,29,31). The van der Waals surface area contributed by atoms with Crippen molar-refractivity contribution in [1.82, 2.24) is 4.90 Å². The van der Waals surface area contributed by atoms with Gasteiger partial charge >= 0.3 is 0 Å². The van der Waals surface area contributed by atoms with Gasteiger partial charge in [-0.15, -0.1) is 0 Å². The van der Waals surface area contributed by atoms with Gasteiger partial charge < -0.3 is 20.1 Å². The molecule has 0 bridgehead atoms. The lowest BCUT2D eigenvalue weighted by Gasteiger charge is -2.19. The monoisotopic (exact) mass is 460 g/mol. The van der Waals surface area contributed by atoms with E-state index in [1.54, 1.807) is 26.2 Å². The number of nitrogens with two attached hydrogens (primary N) is 1. The van der Waals surface area contributed by atoms with Crippen LogP contribution in [-0.4, -0.2) is 51.1 Å². The first kappa shape index (κ1) is 25.0. The SMILES string of the molecule is CCc1cc(C(=O)N(C)CCOC)ccc1-c1cc(-c2cccc(OC)c2)cc(C(N)=O)c1C. The third kappa shape index (κ3) is 5.29. The van der Waals surface area contributed by atoms with Gasteiger partial charge in [-0.1, -0.05) is 25.1 Å². The molecule has 34 heavy (non-hydrogen) atoms. The Morgan fingerprint density at radius 1 is 0.971 bits per heavy atom. The van der Waals surface area contributed by atoms with E-state index < -0.39 is 5.91 Å². The number of primary amides is 1. The summed E-state index contributed by atoms with van der Waals surface area (Å²) >= 11 is 0. The summed E-state index contributed by atoms with van der Waals surface area (Å²) in [6.07, 6.45) is 0.729. The number of hydrogen-bond acceptors (Lipinski definition) is 4. The fourth-order valence-electron chi connectivity index (χ4n) is 4.05. The van der Waals surface area contributed by atoms with E-state index in [1.807, 2.05) is 55.5 Å². The summed E-state index contributed by atoms with van der Waals surface area (Å²) in [6.45, 7) is 4.95. The maximum atomic E-state index is 12.9. The Bertz CT molecular complexity index is 1200. The van der Waals surface area contributed by atoms with E-state index in [2.05, 4.69) is 13.0 Å². The first-order valence-electron chi connectivity index (χ1n) is 11.3. The van der Waals surface area contributed by atoms with Crippen molar-refractivity contribution >= 4 is 11.8 Å². The van der Waals surface area contributed by atoms with Gasteiger partial charge in [0.2, 0.25) is 5.91 Å². The van der Waals surface area contributed by atoms with Gasteiger partial charge in [-0.05, 0) is 83.1 Å². The number of carbonyl (C=O) groups excluding carboxylic acids is 2. The first-order valence-corrected chi connectivity index (χ1v) is 11.3. The molecule has 0 saturated heterocycles. The van der Waals surface area contributed by atoms with Crippen molar-refractivity contribution < 1.29 is 19.1 Å². The van der Waals surface area contributed by atoms with Gasteiger partial charge in [0, 0.05) is 31.8 Å². The minimum atomic E-state index is -0.479. The van der Waals surface area contributed by atoms with Gasteiger partial charge in [0.25, 0.3) is 5.91 Å². The topological polar surface area (TPSA) is 81.9 Å². The van der Waals surface area contributed by atoms with Crippen molar-refractivity contribution in [3.05, 3.63) is 76.9 Å². The predicted molar refractivity (Wildman–Crippen MR) is 135 cm³/mol. The number of ether oxygens (including phenoxy) is 2. The van der Waals surface area contributed by atoms with Gasteiger partial charge in [0.15, 0.2) is 0 Å². The second-order valence-corrected chi connectivity index (χ2v) is 8.24. The number of likely N-dealkylation sites (N-methyl/N-ethyl adjacent to an activating group) is 1. The Balaban J connectivity index is 2.13. The van der Waals surface area contributed by atoms with E-state index in [4.69, 9.17) is 15.2 Å². The van der Waals surface area contributed by atoms with Crippen LogP contribution in [0.15, 0.2) is 54.6 Å². The number of aryl methyl sites for hydroxylation is 1. The van der Waals surface area contributed by atoms with Crippen LogP contribution in [0.3, 0.4) is 0 Å². The van der Waals surface area contributed by atoms with Gasteiger partial charge in [0.05, 0.1) is 13.7 Å². The third-order valence-electron chi connectivity index (χ3n) is 6.08. The molecule has 0 fully saturated rings. The van der Waals surface area contributed by atoms with Crippen molar-refractivity contribution in [3.63, 3.8) is 0 Å². The summed E-state index contributed by atoms with van der Waals surface area (Å²) in [5.41, 5.74) is 12.4. The molecule has 3 aromatic rings. The average Bonchev–Trinajstić information content (AvgIpc) is 2.86. The van der Waals surface area contributed by atoms with E-state index in [0.717, 1.165) is 45.6 Å². The van der Waals surface area contributed by atoms with Gasteiger partial charge in [-0.25, -0.2) is 0 Å². The minimum Gasteiger partial charge on any atom is -0.497 e. The minimum absolute atomic E-state index is 0.0574. The van der Waals surface area contributed by atoms with Crippen molar-refractivity contribution in [2.24, 2.45) is 5.73 Å². The van der Waals surface area contributed by atoms with Crippen LogP contribution in [0.2, 0.25) is 0 Å². The van der Waals surface area contributed by atoms with Crippen LogP contribution >= 0.6 is 0 Å². The molecule has 2 N–H and O–H groups in total. The molecule has 0 radical (unpaired) electrons. The number of amides is 2. The van der Waals surface area contributed by atoms with Crippen LogP contribution in [0.5, 0.6) is 5.75 Å². The Hall–Kier alpha value is -3.64. The fourth-order valence-corrected chi connectivity index (χ4v) is 4.05. The summed E-state index contributed by atoms with van der Waals surface area (Å²) < 4.78 is 10.5. The quantitative estimate of drug-likeness (QED) is 0.501. The normalized spacial score (nSPS) is 10.7. The molecule has 0 aliphatic carbocycles. The van der Waals surface area contributed by atoms with Crippen LogP contribution in [0.4, 0.5) is 0 Å². The molecule has 0 saturated carbocycles. The van der Waals surface area contributed by atoms with Crippen LogP contribution in [0.1, 0.15) is 38.8 Å². The lowest BCUT2D eigenvalue weighted by Crippen LogP contribution is -2.30. The van der Waals surface area contributed by atoms with Gasteiger partial charge in [0.1, 0.15) is 5.75 Å². The molecule has 6 heteroatoms. The van der Waals surface area contributed by atoms with Gasteiger partial charge in [-0.3, -0.25) is 9.59 Å². The molecule has 6 nitrogen and oxygen atoms in total. The van der Waals surface area contributed by atoms with E-state index in [9.17, 15) is 9.59 Å². The van der Waals surface area contributed by atoms with Crippen molar-refractivity contribution in [3.8, 4) is 28.0 Å². The summed E-state index contributed by atoms with van der Waals surface area (Å²) in [5, 5.41) is 0. The molecule has 178 valence electrons. The zero-order chi connectivity index (χ0) is 24.8. The summed E-state index contributed by atoms with van der Waals surface area (Å²) in [7, 11) is 5.00. The Morgan fingerprint density at radius 3 is 2.38 bits per heavy atom. The molecule has 2 amide bonds. The molecule has 0 atom stereocenters. The lowest BCUT2D eigenvalue weighted by atomic mass is 9.88. The molecule has 0 aliphatic rings. The smallest absolute Gasteiger partial charge is 0.253 e. The zero-order valence-corrected chi connectivity index (χ0v) is 20.5. The maximum absolute atomic E-state index is 12.9. The number of benzene rings is 3. The second kappa shape index (κ2) is 11.0. The number of carbonyl (C=O) groups is 2. The van der Waals surface area contributed by atoms with Crippen LogP contribution < -0.4 is 10.5 Å². The van der Waals surface area contributed by atoms with E-state index >= 15 is 0 Å². The van der Waals surface area contributed by atoms with Crippen LogP contribution in [0.25, 0.3) is 22.3 Å². The molecule has 0 aromatic heterocycles. The Labute approximate surface area is 201 Å². The van der Waals surface area contributed by atoms with Gasteiger partial charge in [-0.2, -0.15) is 0 Å². The van der Waals surface area contributed by atoms with Crippen molar-refractivity contribution in [2.75, 3.05) is 34.4 Å². The van der Waals surface area contributed by atoms with Crippen LogP contribution in [-0.2, 0) is 11.2 Å². The van der Waals surface area contributed by atoms with Crippen LogP contribution in [0, 0.1) is 6.92 Å². The lowest BCUT2D eigenvalue weighted by molar-refractivity contribution is 0.0744. The van der Waals surface area contributed by atoms with Crippen molar-refractivity contribution in [2.45, 2.75) is 20.3 Å². The highest BCUT2D eigenvalue weighted by molar-refractivity contribution is 5.99. The fraction of sp³-hybridized carbons (Fsp3) is 0.286. The molecular formula is C28H32N2O4.